The lowest BCUT2D eigenvalue weighted by Crippen LogP contribution is -1.90. The second kappa shape index (κ2) is 6.52. The Labute approximate surface area is 141 Å². The van der Waals surface area contributed by atoms with Gasteiger partial charge < -0.3 is 10.1 Å². The zero-order valence-electron chi connectivity index (χ0n) is 11.5. The number of halogens is 2. The van der Waals surface area contributed by atoms with Crippen molar-refractivity contribution in [2.45, 2.75) is 0 Å². The average Bonchev–Trinajstić information content (AvgIpc) is 2.98. The molecule has 0 aliphatic rings. The maximum atomic E-state index is 6.15. The van der Waals surface area contributed by atoms with E-state index in [4.69, 9.17) is 27.9 Å². The van der Waals surface area contributed by atoms with Gasteiger partial charge in [0.1, 0.15) is 10.9 Å². The molecule has 0 bridgehead atoms. The summed E-state index contributed by atoms with van der Waals surface area (Å²) in [6, 6.07) is 9.16. The number of methoxy groups -OCH3 is 1. The van der Waals surface area contributed by atoms with Gasteiger partial charge in [0.15, 0.2) is 5.13 Å². The van der Waals surface area contributed by atoms with Crippen LogP contribution in [-0.4, -0.2) is 17.1 Å². The van der Waals surface area contributed by atoms with E-state index in [0.717, 1.165) is 22.1 Å². The zero-order chi connectivity index (χ0) is 15.5. The number of benzene rings is 1. The number of anilines is 2. The largest absolute Gasteiger partial charge is 0.495 e. The monoisotopic (exact) mass is 351 g/mol. The van der Waals surface area contributed by atoms with E-state index in [2.05, 4.69) is 15.3 Å². The van der Waals surface area contributed by atoms with Crippen LogP contribution in [0.1, 0.15) is 0 Å². The van der Waals surface area contributed by atoms with Gasteiger partial charge in [0, 0.05) is 10.9 Å². The van der Waals surface area contributed by atoms with Crippen molar-refractivity contribution in [2.24, 2.45) is 0 Å². The van der Waals surface area contributed by atoms with Crippen molar-refractivity contribution in [3.05, 3.63) is 52.1 Å². The molecule has 4 nitrogen and oxygen atoms in total. The first-order valence-corrected chi connectivity index (χ1v) is 7.97. The molecular weight excluding hydrogens is 341 g/mol. The predicted molar refractivity (Wildman–Crippen MR) is 91.6 cm³/mol. The SMILES string of the molecule is COc1ccc(-c2csc(Nc3ccc(Cl)nc3)n2)cc1Cl. The van der Waals surface area contributed by atoms with Gasteiger partial charge in [-0.05, 0) is 30.3 Å². The van der Waals surface area contributed by atoms with Crippen LogP contribution in [0.15, 0.2) is 41.9 Å². The molecule has 0 unspecified atom stereocenters. The lowest BCUT2D eigenvalue weighted by atomic mass is 10.2. The van der Waals surface area contributed by atoms with Crippen molar-refractivity contribution in [2.75, 3.05) is 12.4 Å². The second-order valence-electron chi connectivity index (χ2n) is 4.38. The minimum absolute atomic E-state index is 0.457. The number of thiazole rings is 1. The third-order valence-corrected chi connectivity index (χ3v) is 4.21. The van der Waals surface area contributed by atoms with Crippen LogP contribution >= 0.6 is 34.5 Å². The molecule has 0 saturated carbocycles. The maximum absolute atomic E-state index is 6.15. The summed E-state index contributed by atoms with van der Waals surface area (Å²) >= 11 is 13.4. The van der Waals surface area contributed by atoms with E-state index in [-0.39, 0.29) is 0 Å². The Hall–Kier alpha value is -1.82. The van der Waals surface area contributed by atoms with Crippen LogP contribution in [0, 0.1) is 0 Å². The molecule has 0 saturated heterocycles. The molecule has 0 amide bonds. The van der Waals surface area contributed by atoms with Crippen LogP contribution in [0.5, 0.6) is 5.75 Å². The number of rotatable bonds is 4. The van der Waals surface area contributed by atoms with Crippen LogP contribution in [0.25, 0.3) is 11.3 Å². The summed E-state index contributed by atoms with van der Waals surface area (Å²) in [5.41, 5.74) is 2.61. The summed E-state index contributed by atoms with van der Waals surface area (Å²) < 4.78 is 5.15. The molecule has 0 spiro atoms. The number of hydrogen-bond acceptors (Lipinski definition) is 5. The van der Waals surface area contributed by atoms with Crippen LogP contribution < -0.4 is 10.1 Å². The highest BCUT2D eigenvalue weighted by atomic mass is 35.5. The van der Waals surface area contributed by atoms with E-state index >= 15 is 0 Å². The number of hydrogen-bond donors (Lipinski definition) is 1. The van der Waals surface area contributed by atoms with Gasteiger partial charge in [-0.3, -0.25) is 0 Å². The van der Waals surface area contributed by atoms with Crippen LogP contribution in [0.2, 0.25) is 10.2 Å². The Balaban J connectivity index is 1.81. The normalized spacial score (nSPS) is 10.5. The molecule has 2 heterocycles. The summed E-state index contributed by atoms with van der Waals surface area (Å²) in [6.07, 6.45) is 1.66. The predicted octanol–water partition coefficient (Wildman–Crippen LogP) is 5.26. The van der Waals surface area contributed by atoms with E-state index in [1.54, 1.807) is 19.4 Å². The van der Waals surface area contributed by atoms with Crippen molar-refractivity contribution >= 4 is 45.4 Å². The average molecular weight is 352 g/mol. The van der Waals surface area contributed by atoms with Crippen molar-refractivity contribution in [3.8, 4) is 17.0 Å². The molecule has 7 heteroatoms. The van der Waals surface area contributed by atoms with E-state index in [1.807, 2.05) is 29.6 Å². The van der Waals surface area contributed by atoms with Gasteiger partial charge in [0.05, 0.1) is 29.7 Å². The minimum atomic E-state index is 0.457. The molecule has 3 aromatic rings. The molecule has 2 aromatic heterocycles. The molecule has 112 valence electrons. The summed E-state index contributed by atoms with van der Waals surface area (Å²) in [5, 5.41) is 6.94. The second-order valence-corrected chi connectivity index (χ2v) is 6.03. The zero-order valence-corrected chi connectivity index (χ0v) is 13.8. The fourth-order valence-corrected chi connectivity index (χ4v) is 2.97. The third-order valence-electron chi connectivity index (χ3n) is 2.93. The highest BCUT2D eigenvalue weighted by Crippen LogP contribution is 2.32. The molecule has 0 fully saturated rings. The maximum Gasteiger partial charge on any atom is 0.187 e. The third kappa shape index (κ3) is 3.32. The van der Waals surface area contributed by atoms with Crippen LogP contribution in [-0.2, 0) is 0 Å². The van der Waals surface area contributed by atoms with Gasteiger partial charge in [-0.25, -0.2) is 9.97 Å². The fourth-order valence-electron chi connectivity index (χ4n) is 1.86. The molecule has 1 N–H and O–H groups in total. The number of nitrogens with one attached hydrogen (secondary N) is 1. The van der Waals surface area contributed by atoms with E-state index < -0.39 is 0 Å². The van der Waals surface area contributed by atoms with E-state index in [1.165, 1.54) is 11.3 Å². The lowest BCUT2D eigenvalue weighted by molar-refractivity contribution is 0.415. The molecule has 0 atom stereocenters. The van der Waals surface area contributed by atoms with E-state index in [0.29, 0.717) is 15.9 Å². The molecule has 22 heavy (non-hydrogen) atoms. The Bertz CT molecular complexity index is 790. The first-order chi connectivity index (χ1) is 10.7. The Morgan fingerprint density at radius 1 is 1.18 bits per heavy atom. The highest BCUT2D eigenvalue weighted by molar-refractivity contribution is 7.14. The summed E-state index contributed by atoms with van der Waals surface area (Å²) in [7, 11) is 1.59. The van der Waals surface area contributed by atoms with Gasteiger partial charge in [-0.2, -0.15) is 0 Å². The smallest absolute Gasteiger partial charge is 0.187 e. The molecule has 0 radical (unpaired) electrons. The number of aromatic nitrogens is 2. The Morgan fingerprint density at radius 2 is 2.05 bits per heavy atom. The molecule has 0 aliphatic carbocycles. The molecular formula is C15H11Cl2N3OS. The van der Waals surface area contributed by atoms with Gasteiger partial charge in [-0.1, -0.05) is 23.2 Å². The van der Waals surface area contributed by atoms with Crippen molar-refractivity contribution < 1.29 is 4.74 Å². The molecule has 1 aromatic carbocycles. The van der Waals surface area contributed by atoms with Crippen molar-refractivity contribution in [3.63, 3.8) is 0 Å². The van der Waals surface area contributed by atoms with Crippen LogP contribution in [0.4, 0.5) is 10.8 Å². The first-order valence-electron chi connectivity index (χ1n) is 6.34. The number of pyridine rings is 1. The standard InChI is InChI=1S/C15H11Cl2N3OS/c1-21-13-4-2-9(6-11(13)16)12-8-22-15(20-12)19-10-3-5-14(17)18-7-10/h2-8H,1H3,(H,19,20). The Morgan fingerprint density at radius 3 is 2.73 bits per heavy atom. The molecule has 0 aliphatic heterocycles. The molecule has 3 rings (SSSR count). The highest BCUT2D eigenvalue weighted by Gasteiger charge is 2.08. The van der Waals surface area contributed by atoms with Gasteiger partial charge in [-0.15, -0.1) is 11.3 Å². The Kier molecular flexibility index (Phi) is 4.47. The fraction of sp³-hybridized carbons (Fsp3) is 0.0667. The summed E-state index contributed by atoms with van der Waals surface area (Å²) in [4.78, 5) is 8.56. The van der Waals surface area contributed by atoms with Crippen molar-refractivity contribution in [1.29, 1.82) is 0 Å². The first kappa shape index (κ1) is 15.1. The van der Waals surface area contributed by atoms with Gasteiger partial charge in [0.2, 0.25) is 0 Å². The van der Waals surface area contributed by atoms with Gasteiger partial charge in [0.25, 0.3) is 0 Å². The minimum Gasteiger partial charge on any atom is -0.495 e. The topological polar surface area (TPSA) is 47.0 Å². The van der Waals surface area contributed by atoms with Crippen molar-refractivity contribution in [1.82, 2.24) is 9.97 Å². The van der Waals surface area contributed by atoms with Gasteiger partial charge >= 0.3 is 0 Å². The number of nitrogens with zero attached hydrogens (tertiary/aromatic N) is 2. The van der Waals surface area contributed by atoms with Crippen LogP contribution in [0.3, 0.4) is 0 Å². The summed E-state index contributed by atoms with van der Waals surface area (Å²) in [5.74, 6) is 0.645. The lowest BCUT2D eigenvalue weighted by Gasteiger charge is -2.04. The van der Waals surface area contributed by atoms with E-state index in [9.17, 15) is 0 Å². The quantitative estimate of drug-likeness (QED) is 0.650. The summed E-state index contributed by atoms with van der Waals surface area (Å²) in [6.45, 7) is 0. The number of ether oxygens (including phenoxy) is 1.